The van der Waals surface area contributed by atoms with E-state index in [0.29, 0.717) is 5.82 Å². The van der Waals surface area contributed by atoms with Crippen LogP contribution in [-0.4, -0.2) is 9.97 Å². The van der Waals surface area contributed by atoms with Gasteiger partial charge in [0, 0.05) is 11.8 Å². The molecular formula is C6H7N3O. The molecule has 1 rings (SSSR count). The van der Waals surface area contributed by atoms with Gasteiger partial charge in [-0.25, -0.2) is 9.97 Å². The van der Waals surface area contributed by atoms with Crippen LogP contribution in [0.15, 0.2) is 11.2 Å². The van der Waals surface area contributed by atoms with Crippen LogP contribution in [0.3, 0.4) is 0 Å². The first-order valence-corrected chi connectivity index (χ1v) is 2.88. The molecule has 4 nitrogen and oxygen atoms in total. The average molecular weight is 137 g/mol. The Morgan fingerprint density at radius 3 is 2.60 bits per heavy atom. The standard InChI is InChI=1S/C6H7N3O/c1-4-3-6(9-10)8-5(2)7-4/h3H,1-2H3. The van der Waals surface area contributed by atoms with Crippen LogP contribution in [0.5, 0.6) is 0 Å². The maximum Gasteiger partial charge on any atom is 0.200 e. The molecule has 1 heterocycles. The highest BCUT2D eigenvalue weighted by molar-refractivity contribution is 5.27. The van der Waals surface area contributed by atoms with Crippen molar-refractivity contribution in [3.05, 3.63) is 22.5 Å². The van der Waals surface area contributed by atoms with E-state index >= 15 is 0 Å². The van der Waals surface area contributed by atoms with Gasteiger partial charge in [0.25, 0.3) is 0 Å². The molecule has 0 amide bonds. The van der Waals surface area contributed by atoms with Crippen molar-refractivity contribution >= 4 is 5.82 Å². The summed E-state index contributed by atoms with van der Waals surface area (Å²) >= 11 is 0. The molecule has 0 atom stereocenters. The third-order valence-corrected chi connectivity index (χ3v) is 1.05. The average Bonchev–Trinajstić information content (AvgIpc) is 1.85. The highest BCUT2D eigenvalue weighted by Gasteiger charge is 1.95. The van der Waals surface area contributed by atoms with Crippen LogP contribution in [0.1, 0.15) is 11.5 Å². The molecule has 0 spiro atoms. The summed E-state index contributed by atoms with van der Waals surface area (Å²) in [6.07, 6.45) is 0. The summed E-state index contributed by atoms with van der Waals surface area (Å²) in [6.45, 7) is 3.52. The fourth-order valence-corrected chi connectivity index (χ4v) is 0.744. The lowest BCUT2D eigenvalue weighted by molar-refractivity contribution is 1.01. The fourth-order valence-electron chi connectivity index (χ4n) is 0.744. The summed E-state index contributed by atoms with van der Waals surface area (Å²) in [6, 6.07) is 1.54. The molecule has 10 heavy (non-hydrogen) atoms. The molecule has 0 N–H and O–H groups in total. The van der Waals surface area contributed by atoms with Crippen LogP contribution in [-0.2, 0) is 0 Å². The lowest BCUT2D eigenvalue weighted by Crippen LogP contribution is -1.88. The molecule has 0 aliphatic rings. The monoisotopic (exact) mass is 137 g/mol. The second-order valence-corrected chi connectivity index (χ2v) is 2.01. The van der Waals surface area contributed by atoms with Gasteiger partial charge in [-0.3, -0.25) is 0 Å². The molecule has 0 fully saturated rings. The van der Waals surface area contributed by atoms with Crippen molar-refractivity contribution in [1.29, 1.82) is 0 Å². The Morgan fingerprint density at radius 2 is 2.10 bits per heavy atom. The van der Waals surface area contributed by atoms with Gasteiger partial charge in [-0.1, -0.05) is 0 Å². The van der Waals surface area contributed by atoms with Crippen LogP contribution < -0.4 is 0 Å². The van der Waals surface area contributed by atoms with E-state index in [2.05, 4.69) is 15.1 Å². The van der Waals surface area contributed by atoms with Gasteiger partial charge in [-0.05, 0) is 19.0 Å². The van der Waals surface area contributed by atoms with Gasteiger partial charge >= 0.3 is 0 Å². The Morgan fingerprint density at radius 1 is 1.40 bits per heavy atom. The van der Waals surface area contributed by atoms with Gasteiger partial charge in [0.05, 0.1) is 0 Å². The van der Waals surface area contributed by atoms with Crippen molar-refractivity contribution in [2.75, 3.05) is 0 Å². The molecule has 0 bridgehead atoms. The van der Waals surface area contributed by atoms with E-state index in [-0.39, 0.29) is 5.82 Å². The molecule has 1 aromatic heterocycles. The zero-order chi connectivity index (χ0) is 7.56. The molecule has 0 saturated carbocycles. The molecule has 0 radical (unpaired) electrons. The van der Waals surface area contributed by atoms with Crippen LogP contribution >= 0.6 is 0 Å². The minimum absolute atomic E-state index is 0.199. The molecule has 52 valence electrons. The molecule has 0 aliphatic heterocycles. The SMILES string of the molecule is Cc1cc(N=O)nc(C)n1. The van der Waals surface area contributed by atoms with Gasteiger partial charge in [0.15, 0.2) is 5.82 Å². The number of rotatable bonds is 1. The molecule has 4 heteroatoms. The van der Waals surface area contributed by atoms with Crippen LogP contribution in [0, 0.1) is 18.8 Å². The molecule has 1 aromatic rings. The Labute approximate surface area is 58.3 Å². The minimum Gasteiger partial charge on any atom is -0.238 e. The number of hydrogen-bond acceptors (Lipinski definition) is 4. The summed E-state index contributed by atoms with van der Waals surface area (Å²) in [5.74, 6) is 0.777. The van der Waals surface area contributed by atoms with Crippen molar-refractivity contribution in [1.82, 2.24) is 9.97 Å². The topological polar surface area (TPSA) is 55.2 Å². The van der Waals surface area contributed by atoms with Crippen LogP contribution in [0.4, 0.5) is 5.82 Å². The Hall–Kier alpha value is -1.32. The third-order valence-electron chi connectivity index (χ3n) is 1.05. The second kappa shape index (κ2) is 2.51. The van der Waals surface area contributed by atoms with E-state index in [1.807, 2.05) is 0 Å². The van der Waals surface area contributed by atoms with Gasteiger partial charge in [-0.15, -0.1) is 4.91 Å². The van der Waals surface area contributed by atoms with Crippen LogP contribution in [0.25, 0.3) is 0 Å². The van der Waals surface area contributed by atoms with Gasteiger partial charge < -0.3 is 0 Å². The number of aryl methyl sites for hydroxylation is 2. The van der Waals surface area contributed by atoms with E-state index in [9.17, 15) is 4.91 Å². The largest absolute Gasteiger partial charge is 0.238 e. The molecular weight excluding hydrogens is 130 g/mol. The van der Waals surface area contributed by atoms with E-state index in [1.54, 1.807) is 19.9 Å². The highest BCUT2D eigenvalue weighted by Crippen LogP contribution is 2.07. The van der Waals surface area contributed by atoms with Gasteiger partial charge in [0.1, 0.15) is 5.82 Å². The number of hydrogen-bond donors (Lipinski definition) is 0. The lowest BCUT2D eigenvalue weighted by Gasteiger charge is -1.93. The predicted octanol–water partition coefficient (Wildman–Crippen LogP) is 1.49. The lowest BCUT2D eigenvalue weighted by atomic mass is 10.4. The number of aromatic nitrogens is 2. The Balaban J connectivity index is 3.18. The molecule has 0 aromatic carbocycles. The van der Waals surface area contributed by atoms with Gasteiger partial charge in [-0.2, -0.15) is 0 Å². The third kappa shape index (κ3) is 1.34. The zero-order valence-corrected chi connectivity index (χ0v) is 5.83. The summed E-state index contributed by atoms with van der Waals surface area (Å²) in [5, 5.41) is 2.69. The first-order chi connectivity index (χ1) is 4.72. The normalized spacial score (nSPS) is 9.40. The number of nitrogens with zero attached hydrogens (tertiary/aromatic N) is 3. The molecule has 0 unspecified atom stereocenters. The predicted molar refractivity (Wildman–Crippen MR) is 37.0 cm³/mol. The van der Waals surface area contributed by atoms with E-state index in [0.717, 1.165) is 5.69 Å². The summed E-state index contributed by atoms with van der Waals surface area (Å²) < 4.78 is 0. The summed E-state index contributed by atoms with van der Waals surface area (Å²) in [4.78, 5) is 17.7. The fraction of sp³-hybridized carbons (Fsp3) is 0.333. The number of nitroso groups, excluding NO2 is 1. The van der Waals surface area contributed by atoms with Gasteiger partial charge in [0.2, 0.25) is 0 Å². The second-order valence-electron chi connectivity index (χ2n) is 2.01. The maximum atomic E-state index is 9.97. The summed E-state index contributed by atoms with van der Waals surface area (Å²) in [7, 11) is 0. The van der Waals surface area contributed by atoms with E-state index in [4.69, 9.17) is 0 Å². The zero-order valence-electron chi connectivity index (χ0n) is 5.83. The molecule has 0 aliphatic carbocycles. The maximum absolute atomic E-state index is 9.97. The Bertz CT molecular complexity index is 239. The van der Waals surface area contributed by atoms with Crippen molar-refractivity contribution in [2.45, 2.75) is 13.8 Å². The van der Waals surface area contributed by atoms with E-state index < -0.39 is 0 Å². The van der Waals surface area contributed by atoms with Crippen molar-refractivity contribution in [2.24, 2.45) is 5.18 Å². The highest BCUT2D eigenvalue weighted by atomic mass is 16.3. The summed E-state index contributed by atoms with van der Waals surface area (Å²) in [5.41, 5.74) is 0.766. The van der Waals surface area contributed by atoms with Crippen molar-refractivity contribution in [3.8, 4) is 0 Å². The van der Waals surface area contributed by atoms with Crippen molar-refractivity contribution in [3.63, 3.8) is 0 Å². The minimum atomic E-state index is 0.199. The Kier molecular flexibility index (Phi) is 1.71. The van der Waals surface area contributed by atoms with Crippen LogP contribution in [0.2, 0.25) is 0 Å². The first kappa shape index (κ1) is 6.80. The molecule has 0 saturated heterocycles. The first-order valence-electron chi connectivity index (χ1n) is 2.88. The van der Waals surface area contributed by atoms with Crippen molar-refractivity contribution < 1.29 is 0 Å². The smallest absolute Gasteiger partial charge is 0.200 e. The quantitative estimate of drug-likeness (QED) is 0.551. The van der Waals surface area contributed by atoms with E-state index in [1.165, 1.54) is 0 Å².